The second-order valence-corrected chi connectivity index (χ2v) is 19.1. The van der Waals surface area contributed by atoms with Crippen LogP contribution < -0.4 is 33.6 Å². The van der Waals surface area contributed by atoms with E-state index in [9.17, 15) is 0 Å². The molecule has 6 rings (SSSR count). The molecule has 4 heteroatoms. The summed E-state index contributed by atoms with van der Waals surface area (Å²) in [6.45, 7) is 0. The molecule has 4 atom stereocenters. The summed E-state index contributed by atoms with van der Waals surface area (Å²) in [5.41, 5.74) is 0. The standard InChI is InChI=1S/C12H10Ge.2C9H11.2ClH.Zr/c1-3-7-11(8-4-1)13-12-9-5-2-6-10-12;2*1-2-5-9-7-3-6-8(9)4-1;;;/h1-10H;2*1-2,4-6,8-9H,3,7H2;2*1H;/q;2*-1;;;+2/p-2. The fourth-order valence-electron chi connectivity index (χ4n) is 4.76. The fourth-order valence-corrected chi connectivity index (χ4v) is 11.9. The van der Waals surface area contributed by atoms with Crippen LogP contribution in [0.1, 0.15) is 25.7 Å². The van der Waals surface area contributed by atoms with Crippen molar-refractivity contribution in [3.63, 3.8) is 0 Å². The van der Waals surface area contributed by atoms with Crippen LogP contribution in [0.5, 0.6) is 0 Å². The van der Waals surface area contributed by atoms with Gasteiger partial charge >= 0.3 is 101 Å². The summed E-state index contributed by atoms with van der Waals surface area (Å²) in [4.78, 5) is 0. The summed E-state index contributed by atoms with van der Waals surface area (Å²) in [7, 11) is -1.11. The van der Waals surface area contributed by atoms with Gasteiger partial charge in [0.05, 0.1) is 0 Å². The van der Waals surface area contributed by atoms with E-state index in [0.29, 0.717) is 0 Å². The number of fused-ring (bicyclic) bond motifs is 2. The minimum atomic E-state index is -1.11. The molecule has 2 saturated carbocycles. The first-order chi connectivity index (χ1) is 15.8. The summed E-state index contributed by atoms with van der Waals surface area (Å²) < 4.78 is 3.16. The number of allylic oxidation sites excluding steroid dienone is 8. The van der Waals surface area contributed by atoms with Gasteiger partial charge in [-0.15, -0.1) is 24.0 Å². The van der Waals surface area contributed by atoms with Crippen LogP contribution in [0.3, 0.4) is 0 Å². The molecule has 176 valence electrons. The zero-order valence-electron chi connectivity index (χ0n) is 19.4. The normalized spacial score (nSPS) is 24.8. The van der Waals surface area contributed by atoms with Gasteiger partial charge < -0.3 is 37.7 Å². The Bertz CT molecular complexity index is 866. The molecule has 4 aliphatic rings. The third kappa shape index (κ3) is 8.81. The van der Waals surface area contributed by atoms with Crippen LogP contribution in [0.2, 0.25) is 0 Å². The van der Waals surface area contributed by atoms with Crippen molar-refractivity contribution in [3.05, 3.63) is 122 Å². The maximum absolute atomic E-state index is 2.42. The fraction of sp³-hybridized carbons (Fsp3) is 0.267. The predicted octanol–water partition coefficient (Wildman–Crippen LogP) is 0.0329. The molecule has 0 N–H and O–H groups in total. The number of benzene rings is 2. The number of hydrogen-bond donors (Lipinski definition) is 0. The molecule has 0 radical (unpaired) electrons. The van der Waals surface area contributed by atoms with E-state index in [0.717, 1.165) is 23.7 Å². The Morgan fingerprint density at radius 3 is 1.35 bits per heavy atom. The molecule has 0 heterocycles. The van der Waals surface area contributed by atoms with E-state index < -0.39 is 9.98 Å². The van der Waals surface area contributed by atoms with Gasteiger partial charge in [0, 0.05) is 0 Å². The quantitative estimate of drug-likeness (QED) is 0.326. The molecule has 4 aliphatic carbocycles. The Hall–Kier alpha value is -0.594. The van der Waals surface area contributed by atoms with E-state index in [4.69, 9.17) is 0 Å². The maximum atomic E-state index is 2.42. The molecule has 2 aromatic carbocycles. The van der Waals surface area contributed by atoms with E-state index in [-0.39, 0.29) is 24.8 Å². The minimum absolute atomic E-state index is 0. The van der Waals surface area contributed by atoms with E-state index in [1.807, 2.05) is 0 Å². The van der Waals surface area contributed by atoms with Crippen LogP contribution in [0.15, 0.2) is 109 Å². The van der Waals surface area contributed by atoms with Gasteiger partial charge in [0.25, 0.3) is 0 Å². The molecule has 2 aromatic rings. The van der Waals surface area contributed by atoms with Gasteiger partial charge in [-0.25, -0.2) is 0 Å². The van der Waals surface area contributed by atoms with Crippen molar-refractivity contribution >= 4 is 18.8 Å². The molecule has 0 aliphatic heterocycles. The first-order valence-electron chi connectivity index (χ1n) is 11.9. The molecule has 34 heavy (non-hydrogen) atoms. The van der Waals surface area contributed by atoms with E-state index in [1.165, 1.54) is 25.7 Å². The van der Waals surface area contributed by atoms with Crippen LogP contribution in [0, 0.1) is 36.5 Å². The monoisotopic (exact) mass is 626 g/mol. The van der Waals surface area contributed by atoms with Crippen molar-refractivity contribution in [1.82, 2.24) is 0 Å². The second-order valence-electron chi connectivity index (χ2n) is 8.76. The third-order valence-electron chi connectivity index (χ3n) is 6.60. The van der Waals surface area contributed by atoms with E-state index >= 15 is 0 Å². The van der Waals surface area contributed by atoms with Gasteiger partial charge in [0.15, 0.2) is 0 Å². The van der Waals surface area contributed by atoms with Crippen molar-refractivity contribution in [2.24, 2.45) is 23.7 Å². The Morgan fingerprint density at radius 1 is 0.588 bits per heavy atom. The average molecular weight is 627 g/mol. The van der Waals surface area contributed by atoms with Gasteiger partial charge in [0.1, 0.15) is 0 Å². The Morgan fingerprint density at radius 2 is 0.971 bits per heavy atom. The summed E-state index contributed by atoms with van der Waals surface area (Å²) in [6.07, 6.45) is 28.1. The Kier molecular flexibility index (Phi) is 14.1. The number of rotatable bonds is 2. The van der Waals surface area contributed by atoms with Crippen molar-refractivity contribution in [2.45, 2.75) is 25.7 Å². The number of halogens is 2. The summed E-state index contributed by atoms with van der Waals surface area (Å²) in [5, 5.41) is 0. The van der Waals surface area contributed by atoms with Gasteiger partial charge in [-0.1, -0.05) is 49.3 Å². The Labute approximate surface area is 234 Å². The van der Waals surface area contributed by atoms with Crippen molar-refractivity contribution in [2.75, 3.05) is 0 Å². The molecule has 0 amide bonds. The van der Waals surface area contributed by atoms with Crippen LogP contribution in [-0.4, -0.2) is 9.98 Å². The third-order valence-corrected chi connectivity index (χ3v) is 17.8. The predicted molar refractivity (Wildman–Crippen MR) is 135 cm³/mol. The molecule has 0 aromatic heterocycles. The zero-order valence-corrected chi connectivity index (χ0v) is 25.5. The second kappa shape index (κ2) is 16.2. The van der Waals surface area contributed by atoms with Gasteiger partial charge in [0.2, 0.25) is 0 Å². The number of hydrogen-bond acceptors (Lipinski definition) is 0. The van der Waals surface area contributed by atoms with E-state index in [1.54, 1.807) is 30.4 Å². The molecule has 0 spiro atoms. The van der Waals surface area contributed by atoms with Crippen molar-refractivity contribution in [1.29, 1.82) is 0 Å². The Balaban J connectivity index is 0.000000181. The molecule has 4 unspecified atom stereocenters. The molecule has 0 bridgehead atoms. The molecule has 0 saturated heterocycles. The summed E-state index contributed by atoms with van der Waals surface area (Å²) >= 11 is 1.71. The summed E-state index contributed by atoms with van der Waals surface area (Å²) in [6, 6.07) is 21.9. The van der Waals surface area contributed by atoms with Crippen LogP contribution in [-0.2, 0) is 21.6 Å². The van der Waals surface area contributed by atoms with Gasteiger partial charge in [-0.2, -0.15) is 12.8 Å². The molecular formula is C30H32Cl2GeZr-2. The van der Waals surface area contributed by atoms with Crippen molar-refractivity contribution in [3.8, 4) is 0 Å². The van der Waals surface area contributed by atoms with Crippen LogP contribution >= 0.6 is 0 Å². The van der Waals surface area contributed by atoms with Crippen LogP contribution in [0.4, 0.5) is 0 Å². The van der Waals surface area contributed by atoms with Crippen molar-refractivity contribution < 1.29 is 46.4 Å². The van der Waals surface area contributed by atoms with E-state index in [2.05, 4.69) is 122 Å². The van der Waals surface area contributed by atoms with Gasteiger partial charge in [-0.3, -0.25) is 0 Å². The topological polar surface area (TPSA) is 0 Å². The average Bonchev–Trinajstić information content (AvgIpc) is 3.55. The molecule has 2 fully saturated rings. The van der Waals surface area contributed by atoms with Gasteiger partial charge in [-0.05, 0) is 11.8 Å². The first kappa shape index (κ1) is 29.6. The molecule has 0 nitrogen and oxygen atoms in total. The first-order valence-corrected chi connectivity index (χ1v) is 21.4. The zero-order chi connectivity index (χ0) is 22.0. The van der Waals surface area contributed by atoms with Crippen LogP contribution in [0.25, 0.3) is 0 Å². The molecular weight excluding hydrogens is 595 g/mol. The summed E-state index contributed by atoms with van der Waals surface area (Å²) in [5.74, 6) is 3.23. The SMILES string of the molecule is C1=CC2[CH-]CCC2C=C1.C1=CC2[CH-]CCC2C=C1.[Cl-].[Cl-].[Zr+2]=[Ge]([c]1ccccc1)[c]1ccccc1.